The topological polar surface area (TPSA) is 107 Å². The lowest BCUT2D eigenvalue weighted by atomic mass is 10.0. The Morgan fingerprint density at radius 3 is 2.54 bits per heavy atom. The van der Waals surface area contributed by atoms with Crippen LogP contribution in [-0.2, 0) is 9.53 Å². The molecule has 0 bridgehead atoms. The van der Waals surface area contributed by atoms with Crippen LogP contribution >= 0.6 is 23.2 Å². The number of amides is 1. The molecular weight excluding hydrogens is 541 g/mol. The van der Waals surface area contributed by atoms with Crippen molar-refractivity contribution in [1.82, 2.24) is 15.3 Å². The molecule has 0 unspecified atom stereocenters. The Balaban J connectivity index is 1.54. The molecule has 3 N–H and O–H groups in total. The van der Waals surface area contributed by atoms with Crippen LogP contribution in [0.2, 0.25) is 10.0 Å². The van der Waals surface area contributed by atoms with Crippen LogP contribution in [0.5, 0.6) is 11.5 Å². The maximum absolute atomic E-state index is 11.9. The molecule has 1 saturated heterocycles. The minimum atomic E-state index is -0.213. The van der Waals surface area contributed by atoms with Crippen molar-refractivity contribution in [3.63, 3.8) is 0 Å². The van der Waals surface area contributed by atoms with E-state index in [4.69, 9.17) is 42.4 Å². The number of ether oxygens (including phenoxy) is 3. The molecular formula is C28H31Cl2N5O4. The van der Waals surface area contributed by atoms with Crippen molar-refractivity contribution in [2.24, 2.45) is 5.92 Å². The smallest absolute Gasteiger partial charge is 0.243 e. The maximum atomic E-state index is 11.9. The molecule has 1 aliphatic heterocycles. The number of halogens is 2. The molecule has 2 atom stereocenters. The standard InChI is InChI=1S/C28H31Cl2N5O4/c1-4-24(36)34-18-7-8-39-14-20(18)33-23-10-17-16(13-31-23)9-19(35-28(17)32-12-15-5-6-15)25-26(29)21(37-2)11-22(38-3)27(25)30/h4,9-11,13,15,18,20H,1,5-8,12,14H2,2-3H3,(H,31,33)(H,32,35)(H,34,36)/t18-,20+/m0/s1. The zero-order chi connectivity index (χ0) is 27.5. The molecule has 5 rings (SSSR count). The third-order valence-electron chi connectivity index (χ3n) is 7.00. The highest BCUT2D eigenvalue weighted by Gasteiger charge is 2.28. The summed E-state index contributed by atoms with van der Waals surface area (Å²) in [6, 6.07) is 5.25. The van der Waals surface area contributed by atoms with Gasteiger partial charge >= 0.3 is 0 Å². The number of hydrogen-bond donors (Lipinski definition) is 3. The summed E-state index contributed by atoms with van der Waals surface area (Å²) >= 11 is 13.4. The number of fused-ring (bicyclic) bond motifs is 1. The summed E-state index contributed by atoms with van der Waals surface area (Å²) in [7, 11) is 3.08. The predicted molar refractivity (Wildman–Crippen MR) is 154 cm³/mol. The second kappa shape index (κ2) is 11.9. The van der Waals surface area contributed by atoms with Gasteiger partial charge in [-0.15, -0.1) is 0 Å². The van der Waals surface area contributed by atoms with Crippen molar-refractivity contribution in [1.29, 1.82) is 0 Å². The maximum Gasteiger partial charge on any atom is 0.243 e. The third-order valence-corrected chi connectivity index (χ3v) is 7.75. The lowest BCUT2D eigenvalue weighted by Gasteiger charge is -2.32. The summed E-state index contributed by atoms with van der Waals surface area (Å²) in [6.45, 7) is 5.38. The van der Waals surface area contributed by atoms with Crippen LogP contribution in [0.25, 0.3) is 22.0 Å². The van der Waals surface area contributed by atoms with Gasteiger partial charge in [0.1, 0.15) is 23.1 Å². The molecule has 3 aromatic rings. The highest BCUT2D eigenvalue weighted by molar-refractivity contribution is 6.41. The quantitative estimate of drug-likeness (QED) is 0.281. The number of carbonyl (C=O) groups is 1. The summed E-state index contributed by atoms with van der Waals surface area (Å²) in [6.07, 6.45) is 6.14. The molecule has 1 aliphatic carbocycles. The van der Waals surface area contributed by atoms with Gasteiger partial charge in [0.2, 0.25) is 5.91 Å². The molecule has 2 fully saturated rings. The highest BCUT2D eigenvalue weighted by atomic mass is 35.5. The number of benzene rings is 1. The van der Waals surface area contributed by atoms with E-state index in [1.165, 1.54) is 33.1 Å². The number of methoxy groups -OCH3 is 2. The lowest BCUT2D eigenvalue weighted by molar-refractivity contribution is -0.117. The van der Waals surface area contributed by atoms with Gasteiger partial charge in [0.05, 0.1) is 48.6 Å². The van der Waals surface area contributed by atoms with Gasteiger partial charge in [0, 0.05) is 41.8 Å². The van der Waals surface area contributed by atoms with Gasteiger partial charge in [-0.05, 0) is 43.4 Å². The summed E-state index contributed by atoms with van der Waals surface area (Å²) in [4.78, 5) is 21.6. The summed E-state index contributed by atoms with van der Waals surface area (Å²) in [5.74, 6) is 2.64. The molecule has 0 spiro atoms. The number of hydrogen-bond acceptors (Lipinski definition) is 8. The number of anilines is 2. The van der Waals surface area contributed by atoms with Gasteiger partial charge in [-0.1, -0.05) is 29.8 Å². The summed E-state index contributed by atoms with van der Waals surface area (Å²) < 4.78 is 16.6. The van der Waals surface area contributed by atoms with Crippen LogP contribution in [0.1, 0.15) is 19.3 Å². The lowest BCUT2D eigenvalue weighted by Crippen LogP contribution is -2.52. The Bertz CT molecular complexity index is 1370. The van der Waals surface area contributed by atoms with Gasteiger partial charge < -0.3 is 30.2 Å². The van der Waals surface area contributed by atoms with Crippen LogP contribution in [0.15, 0.2) is 37.1 Å². The van der Waals surface area contributed by atoms with Gasteiger partial charge in [-0.2, -0.15) is 0 Å². The number of nitrogens with zero attached hydrogens (tertiary/aromatic N) is 2. The zero-order valence-corrected chi connectivity index (χ0v) is 23.4. The number of carbonyl (C=O) groups excluding carboxylic acids is 1. The van der Waals surface area contributed by atoms with Crippen LogP contribution in [0.3, 0.4) is 0 Å². The van der Waals surface area contributed by atoms with Crippen LogP contribution in [-0.4, -0.2) is 61.9 Å². The fraction of sp³-hybridized carbons (Fsp3) is 0.393. The van der Waals surface area contributed by atoms with Crippen molar-refractivity contribution in [2.45, 2.75) is 31.3 Å². The predicted octanol–water partition coefficient (Wildman–Crippen LogP) is 5.31. The molecule has 1 amide bonds. The van der Waals surface area contributed by atoms with E-state index in [9.17, 15) is 4.79 Å². The number of pyridine rings is 2. The van der Waals surface area contributed by atoms with E-state index < -0.39 is 0 Å². The molecule has 2 aliphatic rings. The average molecular weight is 572 g/mol. The molecule has 0 radical (unpaired) electrons. The third kappa shape index (κ3) is 6.00. The Morgan fingerprint density at radius 2 is 1.87 bits per heavy atom. The average Bonchev–Trinajstić information content (AvgIpc) is 3.78. The van der Waals surface area contributed by atoms with E-state index in [1.807, 2.05) is 12.1 Å². The number of aromatic nitrogens is 2. The molecule has 39 heavy (non-hydrogen) atoms. The fourth-order valence-corrected chi connectivity index (χ4v) is 5.34. The van der Waals surface area contributed by atoms with Crippen LogP contribution in [0.4, 0.5) is 11.6 Å². The van der Waals surface area contributed by atoms with E-state index in [1.54, 1.807) is 12.3 Å². The van der Waals surface area contributed by atoms with E-state index in [2.05, 4.69) is 27.5 Å². The largest absolute Gasteiger partial charge is 0.495 e. The van der Waals surface area contributed by atoms with E-state index >= 15 is 0 Å². The normalized spacial score (nSPS) is 18.9. The van der Waals surface area contributed by atoms with Crippen LogP contribution in [0, 0.1) is 5.92 Å². The van der Waals surface area contributed by atoms with E-state index in [-0.39, 0.29) is 18.0 Å². The minimum Gasteiger partial charge on any atom is -0.495 e. The summed E-state index contributed by atoms with van der Waals surface area (Å²) in [5.41, 5.74) is 1.09. The summed E-state index contributed by atoms with van der Waals surface area (Å²) in [5, 5.41) is 12.4. The van der Waals surface area contributed by atoms with E-state index in [0.717, 1.165) is 17.3 Å². The second-order valence-corrected chi connectivity index (χ2v) is 10.4. The van der Waals surface area contributed by atoms with Gasteiger partial charge in [-0.3, -0.25) is 4.79 Å². The molecule has 11 heteroatoms. The van der Waals surface area contributed by atoms with Crippen molar-refractivity contribution < 1.29 is 19.0 Å². The molecule has 9 nitrogen and oxygen atoms in total. The number of rotatable bonds is 10. The minimum absolute atomic E-state index is 0.109. The second-order valence-electron chi connectivity index (χ2n) is 9.69. The molecule has 206 valence electrons. The first kappa shape index (κ1) is 27.3. The first-order valence-electron chi connectivity index (χ1n) is 12.8. The van der Waals surface area contributed by atoms with Crippen LogP contribution < -0.4 is 25.4 Å². The first-order valence-corrected chi connectivity index (χ1v) is 13.6. The first-order chi connectivity index (χ1) is 18.9. The Kier molecular flexibility index (Phi) is 8.30. The molecule has 2 aromatic heterocycles. The van der Waals surface area contributed by atoms with Crippen molar-refractivity contribution in [3.05, 3.63) is 47.1 Å². The van der Waals surface area contributed by atoms with Crippen molar-refractivity contribution >= 4 is 51.5 Å². The van der Waals surface area contributed by atoms with Gasteiger partial charge in [-0.25, -0.2) is 9.97 Å². The number of nitrogens with one attached hydrogen (secondary N) is 3. The zero-order valence-electron chi connectivity index (χ0n) is 21.9. The fourth-order valence-electron chi connectivity index (χ4n) is 4.65. The monoisotopic (exact) mass is 571 g/mol. The molecule has 1 saturated carbocycles. The van der Waals surface area contributed by atoms with Gasteiger partial charge in [0.25, 0.3) is 0 Å². The molecule has 3 heterocycles. The SMILES string of the molecule is C=CC(=O)N[C@H]1CCOC[C@H]1Nc1cc2c(NCC3CC3)nc(-c3c(Cl)c(OC)cc(OC)c3Cl)cc2cn1. The Hall–Kier alpha value is -3.27. The molecule has 1 aromatic carbocycles. The Labute approximate surface area is 237 Å². The van der Waals surface area contributed by atoms with Crippen molar-refractivity contribution in [3.8, 4) is 22.8 Å². The van der Waals surface area contributed by atoms with E-state index in [0.29, 0.717) is 70.0 Å². The Morgan fingerprint density at radius 1 is 1.13 bits per heavy atom. The van der Waals surface area contributed by atoms with Gasteiger partial charge in [0.15, 0.2) is 0 Å². The highest BCUT2D eigenvalue weighted by Crippen LogP contribution is 2.46. The van der Waals surface area contributed by atoms with Crippen molar-refractivity contribution in [2.75, 3.05) is 44.6 Å².